The van der Waals surface area contributed by atoms with Crippen molar-refractivity contribution >= 4 is 17.7 Å². The van der Waals surface area contributed by atoms with Gasteiger partial charge in [0.1, 0.15) is 0 Å². The van der Waals surface area contributed by atoms with Crippen molar-refractivity contribution < 1.29 is 4.79 Å². The minimum atomic E-state index is 0.0247. The van der Waals surface area contributed by atoms with Gasteiger partial charge in [0, 0.05) is 4.90 Å². The Kier molecular flexibility index (Phi) is 3.79. The van der Waals surface area contributed by atoms with Gasteiger partial charge < -0.3 is 5.32 Å². The Bertz CT molecular complexity index is 638. The second-order valence-electron chi connectivity index (χ2n) is 4.96. The van der Waals surface area contributed by atoms with Crippen molar-refractivity contribution in [1.82, 2.24) is 5.32 Å². The molecule has 3 rings (SSSR count). The molecule has 1 aliphatic carbocycles. The lowest BCUT2D eigenvalue weighted by Crippen LogP contribution is -2.27. The Morgan fingerprint density at radius 1 is 1.15 bits per heavy atom. The Morgan fingerprint density at radius 2 is 1.90 bits per heavy atom. The first-order valence-corrected chi connectivity index (χ1v) is 8.04. The summed E-state index contributed by atoms with van der Waals surface area (Å²) in [6.07, 6.45) is 4.04. The number of hydrogen-bond acceptors (Lipinski definition) is 2. The van der Waals surface area contributed by atoms with Crippen LogP contribution in [0.5, 0.6) is 0 Å². The summed E-state index contributed by atoms with van der Waals surface area (Å²) in [7, 11) is 0. The number of carbonyl (C=O) groups is 1. The number of benzene rings is 2. The Morgan fingerprint density at radius 3 is 2.75 bits per heavy atom. The van der Waals surface area contributed by atoms with E-state index in [-0.39, 0.29) is 11.9 Å². The van der Waals surface area contributed by atoms with Gasteiger partial charge in [0.25, 0.3) is 5.91 Å². The van der Waals surface area contributed by atoms with E-state index in [1.54, 1.807) is 11.8 Å². The molecule has 0 fully saturated rings. The molecule has 0 bridgehead atoms. The molecule has 102 valence electrons. The second-order valence-corrected chi connectivity index (χ2v) is 5.81. The standard InChI is InChI=1S/C17H17NOS/c1-20-16-9-5-4-8-14(16)17(19)18-15-11-10-12-6-2-3-7-13(12)15/h2-9,15H,10-11H2,1H3,(H,18,19). The molecule has 0 heterocycles. The number of amides is 1. The maximum absolute atomic E-state index is 12.5. The highest BCUT2D eigenvalue weighted by Crippen LogP contribution is 2.31. The predicted molar refractivity (Wildman–Crippen MR) is 83.2 cm³/mol. The fraction of sp³-hybridized carbons (Fsp3) is 0.235. The van der Waals surface area contributed by atoms with Crippen LogP contribution in [0, 0.1) is 0 Å². The van der Waals surface area contributed by atoms with Crippen LogP contribution in [-0.2, 0) is 6.42 Å². The zero-order chi connectivity index (χ0) is 13.9. The minimum Gasteiger partial charge on any atom is -0.345 e. The van der Waals surface area contributed by atoms with Gasteiger partial charge in [0.15, 0.2) is 0 Å². The molecule has 0 saturated carbocycles. The molecule has 1 unspecified atom stereocenters. The van der Waals surface area contributed by atoms with Gasteiger partial charge in [-0.25, -0.2) is 0 Å². The van der Waals surface area contributed by atoms with Crippen molar-refractivity contribution in [2.24, 2.45) is 0 Å². The van der Waals surface area contributed by atoms with Crippen LogP contribution in [0.2, 0.25) is 0 Å². The van der Waals surface area contributed by atoms with Crippen molar-refractivity contribution in [1.29, 1.82) is 0 Å². The molecule has 3 heteroatoms. The Hall–Kier alpha value is -1.74. The molecule has 1 N–H and O–H groups in total. The SMILES string of the molecule is CSc1ccccc1C(=O)NC1CCc2ccccc21. The summed E-state index contributed by atoms with van der Waals surface area (Å²) in [5.41, 5.74) is 3.39. The van der Waals surface area contributed by atoms with Gasteiger partial charge >= 0.3 is 0 Å². The number of carbonyl (C=O) groups excluding carboxylic acids is 1. The van der Waals surface area contributed by atoms with Gasteiger partial charge in [-0.15, -0.1) is 11.8 Å². The highest BCUT2D eigenvalue weighted by atomic mass is 32.2. The summed E-state index contributed by atoms with van der Waals surface area (Å²) in [4.78, 5) is 13.5. The number of thioether (sulfide) groups is 1. The van der Waals surface area contributed by atoms with Gasteiger partial charge in [-0.1, -0.05) is 36.4 Å². The third kappa shape index (κ3) is 2.46. The van der Waals surface area contributed by atoms with Crippen molar-refractivity contribution in [3.63, 3.8) is 0 Å². The first-order valence-electron chi connectivity index (χ1n) is 6.81. The molecule has 2 nitrogen and oxygen atoms in total. The lowest BCUT2D eigenvalue weighted by molar-refractivity contribution is 0.0934. The molecule has 1 aliphatic rings. The van der Waals surface area contributed by atoms with Crippen LogP contribution in [0.3, 0.4) is 0 Å². The minimum absolute atomic E-state index is 0.0247. The molecule has 20 heavy (non-hydrogen) atoms. The molecule has 0 aromatic heterocycles. The summed E-state index contributed by atoms with van der Waals surface area (Å²) in [5.74, 6) is 0.0247. The highest BCUT2D eigenvalue weighted by molar-refractivity contribution is 7.98. The summed E-state index contributed by atoms with van der Waals surface area (Å²) >= 11 is 1.61. The van der Waals surface area contributed by atoms with Crippen LogP contribution < -0.4 is 5.32 Å². The number of hydrogen-bond donors (Lipinski definition) is 1. The molecule has 0 saturated heterocycles. The van der Waals surface area contributed by atoms with E-state index in [9.17, 15) is 4.79 Å². The zero-order valence-electron chi connectivity index (χ0n) is 11.4. The molecule has 0 radical (unpaired) electrons. The van der Waals surface area contributed by atoms with Gasteiger partial charge in [-0.05, 0) is 42.4 Å². The molecular weight excluding hydrogens is 266 g/mol. The maximum atomic E-state index is 12.5. The van der Waals surface area contributed by atoms with Crippen LogP contribution >= 0.6 is 11.8 Å². The molecule has 2 aromatic rings. The summed E-state index contributed by atoms with van der Waals surface area (Å²) in [5, 5.41) is 3.17. The van der Waals surface area contributed by atoms with E-state index in [0.29, 0.717) is 0 Å². The topological polar surface area (TPSA) is 29.1 Å². The Balaban J connectivity index is 1.81. The van der Waals surface area contributed by atoms with E-state index in [2.05, 4.69) is 23.5 Å². The number of nitrogens with one attached hydrogen (secondary N) is 1. The van der Waals surface area contributed by atoms with Crippen LogP contribution in [0.25, 0.3) is 0 Å². The monoisotopic (exact) mass is 283 g/mol. The summed E-state index contributed by atoms with van der Waals surface area (Å²) in [6, 6.07) is 16.3. The van der Waals surface area contributed by atoms with Crippen molar-refractivity contribution in [2.75, 3.05) is 6.26 Å². The lowest BCUT2D eigenvalue weighted by atomic mass is 10.1. The number of aryl methyl sites for hydroxylation is 1. The first kappa shape index (κ1) is 13.3. The number of fused-ring (bicyclic) bond motifs is 1. The van der Waals surface area contributed by atoms with Gasteiger partial charge in [-0.2, -0.15) is 0 Å². The van der Waals surface area contributed by atoms with Gasteiger partial charge in [-0.3, -0.25) is 4.79 Å². The van der Waals surface area contributed by atoms with Crippen LogP contribution in [0.15, 0.2) is 53.4 Å². The quantitative estimate of drug-likeness (QED) is 0.867. The fourth-order valence-corrected chi connectivity index (χ4v) is 3.37. The third-order valence-electron chi connectivity index (χ3n) is 3.79. The van der Waals surface area contributed by atoms with Gasteiger partial charge in [0.2, 0.25) is 0 Å². The smallest absolute Gasteiger partial charge is 0.252 e. The average Bonchev–Trinajstić information content (AvgIpc) is 2.90. The van der Waals surface area contributed by atoms with Gasteiger partial charge in [0.05, 0.1) is 11.6 Å². The molecule has 2 aromatic carbocycles. The van der Waals surface area contributed by atoms with Crippen LogP contribution in [0.1, 0.15) is 33.9 Å². The third-order valence-corrected chi connectivity index (χ3v) is 4.59. The van der Waals surface area contributed by atoms with Crippen LogP contribution in [-0.4, -0.2) is 12.2 Å². The summed E-state index contributed by atoms with van der Waals surface area (Å²) in [6.45, 7) is 0. The van der Waals surface area contributed by atoms with E-state index in [0.717, 1.165) is 23.3 Å². The first-order chi connectivity index (χ1) is 9.79. The van der Waals surface area contributed by atoms with Crippen molar-refractivity contribution in [3.05, 3.63) is 65.2 Å². The van der Waals surface area contributed by atoms with Crippen molar-refractivity contribution in [2.45, 2.75) is 23.8 Å². The predicted octanol–water partition coefficient (Wildman–Crippen LogP) is 3.83. The summed E-state index contributed by atoms with van der Waals surface area (Å²) < 4.78 is 0. The Labute approximate surface area is 123 Å². The lowest BCUT2D eigenvalue weighted by Gasteiger charge is -2.15. The fourth-order valence-electron chi connectivity index (χ4n) is 2.78. The average molecular weight is 283 g/mol. The van der Waals surface area contributed by atoms with E-state index in [1.165, 1.54) is 11.1 Å². The van der Waals surface area contributed by atoms with E-state index in [1.807, 2.05) is 36.6 Å². The second kappa shape index (κ2) is 5.71. The maximum Gasteiger partial charge on any atom is 0.252 e. The van der Waals surface area contributed by atoms with Crippen LogP contribution in [0.4, 0.5) is 0 Å². The normalized spacial score (nSPS) is 16.8. The van der Waals surface area contributed by atoms with E-state index >= 15 is 0 Å². The molecule has 1 amide bonds. The number of rotatable bonds is 3. The van der Waals surface area contributed by atoms with Crippen molar-refractivity contribution in [3.8, 4) is 0 Å². The largest absolute Gasteiger partial charge is 0.345 e. The zero-order valence-corrected chi connectivity index (χ0v) is 12.2. The molecule has 1 atom stereocenters. The van der Waals surface area contributed by atoms with E-state index < -0.39 is 0 Å². The molecule has 0 aliphatic heterocycles. The molecule has 0 spiro atoms. The molecular formula is C17H17NOS. The van der Waals surface area contributed by atoms with E-state index in [4.69, 9.17) is 0 Å². The highest BCUT2D eigenvalue weighted by Gasteiger charge is 2.24.